The summed E-state index contributed by atoms with van der Waals surface area (Å²) in [5.41, 5.74) is 2.51. The first-order valence-electron chi connectivity index (χ1n) is 11.2. The van der Waals surface area contributed by atoms with Crippen LogP contribution in [0.15, 0.2) is 84.9 Å². The van der Waals surface area contributed by atoms with E-state index in [1.165, 1.54) is 4.90 Å². The predicted octanol–water partition coefficient (Wildman–Crippen LogP) is 3.70. The molecule has 7 nitrogen and oxygen atoms in total. The molecule has 178 valence electrons. The number of hydrogen-bond donors (Lipinski definition) is 2. The number of aliphatic hydroxyl groups excluding tert-OH is 2. The quantitative estimate of drug-likeness (QED) is 0.556. The molecule has 3 aromatic carbocycles. The molecule has 34 heavy (non-hydrogen) atoms. The highest BCUT2D eigenvalue weighted by molar-refractivity contribution is 5.69. The standard InChI is InChI=1S/C27H29NO6/c1-32-22-14-12-21(13-15-22)24-26(33-17-19-8-4-2-5-9-19)25(30)23(29)16-28(24)27(31)34-18-20-10-6-3-7-11-20/h2-15,23-26,29-30H,16-18H2,1H3/t23-,24+,25-,26+/m0/s1. The van der Waals surface area contributed by atoms with Gasteiger partial charge in [0, 0.05) is 0 Å². The van der Waals surface area contributed by atoms with Gasteiger partial charge in [-0.15, -0.1) is 0 Å². The molecule has 0 unspecified atom stereocenters. The zero-order chi connectivity index (χ0) is 23.9. The number of β-amino-alcohol motifs (C(OH)–C–C–N with tert-alkyl or cyclic N) is 1. The minimum absolute atomic E-state index is 0.0866. The summed E-state index contributed by atoms with van der Waals surface area (Å²) in [5.74, 6) is 0.667. The average molecular weight is 464 g/mol. The van der Waals surface area contributed by atoms with E-state index in [1.807, 2.05) is 72.8 Å². The Labute approximate surface area is 199 Å². The molecule has 1 aliphatic rings. The van der Waals surface area contributed by atoms with Crippen LogP contribution in [0, 0.1) is 0 Å². The first-order chi connectivity index (χ1) is 16.6. The lowest BCUT2D eigenvalue weighted by atomic mass is 9.89. The monoisotopic (exact) mass is 463 g/mol. The second kappa shape index (κ2) is 11.2. The molecule has 0 spiro atoms. The lowest BCUT2D eigenvalue weighted by Gasteiger charge is -2.45. The topological polar surface area (TPSA) is 88.5 Å². The number of likely N-dealkylation sites (tertiary alicyclic amines) is 1. The smallest absolute Gasteiger partial charge is 0.410 e. The Hall–Kier alpha value is -3.39. The first-order valence-corrected chi connectivity index (χ1v) is 11.2. The summed E-state index contributed by atoms with van der Waals surface area (Å²) in [4.78, 5) is 14.6. The number of piperidine rings is 1. The van der Waals surface area contributed by atoms with Crippen LogP contribution in [0.1, 0.15) is 22.7 Å². The first kappa shape index (κ1) is 23.8. The molecule has 1 amide bonds. The van der Waals surface area contributed by atoms with Gasteiger partial charge in [0.15, 0.2) is 0 Å². The van der Waals surface area contributed by atoms with Gasteiger partial charge in [-0.3, -0.25) is 4.90 Å². The summed E-state index contributed by atoms with van der Waals surface area (Å²) in [6, 6.07) is 25.5. The van der Waals surface area contributed by atoms with Crippen molar-refractivity contribution in [3.8, 4) is 5.75 Å². The molecule has 0 saturated carbocycles. The number of amides is 1. The Morgan fingerprint density at radius 2 is 1.47 bits per heavy atom. The molecule has 0 aliphatic carbocycles. The number of hydrogen-bond acceptors (Lipinski definition) is 6. The molecule has 3 aromatic rings. The van der Waals surface area contributed by atoms with Gasteiger partial charge < -0.3 is 24.4 Å². The number of carbonyl (C=O) groups excluding carboxylic acids is 1. The maximum atomic E-state index is 13.2. The van der Waals surface area contributed by atoms with Crippen LogP contribution in [0.2, 0.25) is 0 Å². The van der Waals surface area contributed by atoms with E-state index in [9.17, 15) is 15.0 Å². The maximum Gasteiger partial charge on any atom is 0.410 e. The van der Waals surface area contributed by atoms with Crippen LogP contribution in [-0.4, -0.2) is 53.2 Å². The van der Waals surface area contributed by atoms with Crippen molar-refractivity contribution >= 4 is 6.09 Å². The Morgan fingerprint density at radius 3 is 2.06 bits per heavy atom. The third-order valence-electron chi connectivity index (χ3n) is 5.94. The van der Waals surface area contributed by atoms with E-state index >= 15 is 0 Å². The third kappa shape index (κ3) is 5.56. The van der Waals surface area contributed by atoms with Crippen molar-refractivity contribution in [2.75, 3.05) is 13.7 Å². The van der Waals surface area contributed by atoms with Gasteiger partial charge in [-0.25, -0.2) is 4.79 Å². The zero-order valence-corrected chi connectivity index (χ0v) is 19.0. The zero-order valence-electron chi connectivity index (χ0n) is 19.0. The fourth-order valence-electron chi connectivity index (χ4n) is 4.12. The van der Waals surface area contributed by atoms with E-state index in [4.69, 9.17) is 14.2 Å². The molecule has 1 aliphatic heterocycles. The largest absolute Gasteiger partial charge is 0.497 e. The Balaban J connectivity index is 1.60. The van der Waals surface area contributed by atoms with Crippen molar-refractivity contribution < 1.29 is 29.2 Å². The molecule has 1 fully saturated rings. The third-order valence-corrected chi connectivity index (χ3v) is 5.94. The van der Waals surface area contributed by atoms with E-state index in [0.29, 0.717) is 5.75 Å². The van der Waals surface area contributed by atoms with Gasteiger partial charge in [0.25, 0.3) is 0 Å². The fourth-order valence-corrected chi connectivity index (χ4v) is 4.12. The number of carbonyl (C=O) groups is 1. The Morgan fingerprint density at radius 1 is 0.882 bits per heavy atom. The summed E-state index contributed by atoms with van der Waals surface area (Å²) >= 11 is 0. The minimum Gasteiger partial charge on any atom is -0.497 e. The molecule has 0 aromatic heterocycles. The number of methoxy groups -OCH3 is 1. The van der Waals surface area contributed by atoms with Crippen LogP contribution < -0.4 is 4.74 Å². The Kier molecular flexibility index (Phi) is 7.80. The molecular weight excluding hydrogens is 434 g/mol. The van der Waals surface area contributed by atoms with E-state index in [-0.39, 0.29) is 19.8 Å². The molecular formula is C27H29NO6. The molecule has 2 N–H and O–H groups in total. The summed E-state index contributed by atoms with van der Waals surface area (Å²) in [5, 5.41) is 21.5. The summed E-state index contributed by atoms with van der Waals surface area (Å²) < 4.78 is 17.0. The van der Waals surface area contributed by atoms with Crippen LogP contribution in [-0.2, 0) is 22.7 Å². The molecule has 1 heterocycles. The lowest BCUT2D eigenvalue weighted by Crippen LogP contribution is -2.59. The summed E-state index contributed by atoms with van der Waals surface area (Å²) in [6.07, 6.45) is -3.83. The van der Waals surface area contributed by atoms with Crippen LogP contribution in [0.25, 0.3) is 0 Å². The number of ether oxygens (including phenoxy) is 3. The summed E-state index contributed by atoms with van der Waals surface area (Å²) in [7, 11) is 1.58. The number of aliphatic hydroxyl groups is 2. The maximum absolute atomic E-state index is 13.2. The van der Waals surface area contributed by atoms with E-state index in [1.54, 1.807) is 19.2 Å². The summed E-state index contributed by atoms with van der Waals surface area (Å²) in [6.45, 7) is 0.227. The van der Waals surface area contributed by atoms with Crippen molar-refractivity contribution in [2.24, 2.45) is 0 Å². The average Bonchev–Trinajstić information content (AvgIpc) is 2.89. The van der Waals surface area contributed by atoms with Crippen molar-refractivity contribution in [1.29, 1.82) is 0 Å². The van der Waals surface area contributed by atoms with E-state index < -0.39 is 30.4 Å². The molecule has 0 bridgehead atoms. The van der Waals surface area contributed by atoms with Crippen molar-refractivity contribution in [2.45, 2.75) is 37.6 Å². The number of benzene rings is 3. The van der Waals surface area contributed by atoms with Crippen molar-refractivity contribution in [3.63, 3.8) is 0 Å². The molecule has 4 rings (SSSR count). The van der Waals surface area contributed by atoms with Gasteiger partial charge in [-0.05, 0) is 28.8 Å². The van der Waals surface area contributed by atoms with Gasteiger partial charge in [-0.2, -0.15) is 0 Å². The normalized spacial score (nSPS) is 22.3. The van der Waals surface area contributed by atoms with Crippen LogP contribution in [0.4, 0.5) is 4.79 Å². The van der Waals surface area contributed by atoms with Crippen LogP contribution in [0.3, 0.4) is 0 Å². The Bertz CT molecular complexity index is 1040. The lowest BCUT2D eigenvalue weighted by molar-refractivity contribution is -0.159. The van der Waals surface area contributed by atoms with E-state index in [0.717, 1.165) is 16.7 Å². The molecule has 0 radical (unpaired) electrons. The van der Waals surface area contributed by atoms with Gasteiger partial charge >= 0.3 is 6.09 Å². The fraction of sp³-hybridized carbons (Fsp3) is 0.296. The van der Waals surface area contributed by atoms with Crippen LogP contribution >= 0.6 is 0 Å². The SMILES string of the molecule is COc1ccc([C@@H]2[C@@H](OCc3ccccc3)[C@@H](O)[C@@H](O)CN2C(=O)OCc2ccccc2)cc1. The van der Waals surface area contributed by atoms with Crippen molar-refractivity contribution in [1.82, 2.24) is 4.90 Å². The predicted molar refractivity (Wildman–Crippen MR) is 126 cm³/mol. The minimum atomic E-state index is -1.19. The number of rotatable bonds is 7. The van der Waals surface area contributed by atoms with Gasteiger partial charge in [-0.1, -0.05) is 72.8 Å². The highest BCUT2D eigenvalue weighted by Gasteiger charge is 2.46. The van der Waals surface area contributed by atoms with Gasteiger partial charge in [0.1, 0.15) is 30.7 Å². The highest BCUT2D eigenvalue weighted by atomic mass is 16.6. The molecule has 4 atom stereocenters. The van der Waals surface area contributed by atoms with Crippen molar-refractivity contribution in [3.05, 3.63) is 102 Å². The van der Waals surface area contributed by atoms with Crippen LogP contribution in [0.5, 0.6) is 5.75 Å². The highest BCUT2D eigenvalue weighted by Crippen LogP contribution is 2.35. The van der Waals surface area contributed by atoms with Gasteiger partial charge in [0.05, 0.1) is 26.3 Å². The van der Waals surface area contributed by atoms with Gasteiger partial charge in [0.2, 0.25) is 0 Å². The van der Waals surface area contributed by atoms with E-state index in [2.05, 4.69) is 0 Å². The second-order valence-corrected chi connectivity index (χ2v) is 8.23. The molecule has 7 heteroatoms. The number of nitrogens with zero attached hydrogens (tertiary/aromatic N) is 1. The second-order valence-electron chi connectivity index (χ2n) is 8.23. The molecule has 1 saturated heterocycles.